The summed E-state index contributed by atoms with van der Waals surface area (Å²) in [6.07, 6.45) is 3.40. The highest BCUT2D eigenvalue weighted by atomic mass is 16.5. The van der Waals surface area contributed by atoms with E-state index in [1.807, 2.05) is 24.3 Å². The topological polar surface area (TPSA) is 44.8 Å². The maximum absolute atomic E-state index is 11.5. The third-order valence-corrected chi connectivity index (χ3v) is 4.81. The van der Waals surface area contributed by atoms with Gasteiger partial charge in [0.25, 0.3) is 5.91 Å². The summed E-state index contributed by atoms with van der Waals surface area (Å²) >= 11 is 0. The summed E-state index contributed by atoms with van der Waals surface area (Å²) in [6, 6.07) is 7.86. The molecule has 2 bridgehead atoms. The minimum Gasteiger partial charge on any atom is -0.372 e. The molecule has 2 atom stereocenters. The molecule has 0 aromatic heterocycles. The second-order valence-electron chi connectivity index (χ2n) is 6.73. The lowest BCUT2D eigenvalue weighted by Gasteiger charge is -2.33. The second kappa shape index (κ2) is 7.43. The predicted octanol–water partition coefficient (Wildman–Crippen LogP) is 1.34. The van der Waals surface area contributed by atoms with Crippen molar-refractivity contribution in [2.45, 2.75) is 31.6 Å². The van der Waals surface area contributed by atoms with Gasteiger partial charge >= 0.3 is 0 Å². The molecular weight excluding hydrogens is 290 g/mol. The quantitative estimate of drug-likeness (QED) is 0.860. The number of carbonyl (C=O) groups excluding carboxylic acids is 1. The molecule has 0 aliphatic carbocycles. The van der Waals surface area contributed by atoms with E-state index in [4.69, 9.17) is 4.74 Å². The van der Waals surface area contributed by atoms with Gasteiger partial charge in [0.15, 0.2) is 0 Å². The van der Waals surface area contributed by atoms with Crippen LogP contribution in [0.15, 0.2) is 24.3 Å². The average molecular weight is 317 g/mol. The molecule has 5 heteroatoms. The maximum Gasteiger partial charge on any atom is 0.251 e. The van der Waals surface area contributed by atoms with Crippen LogP contribution in [0.3, 0.4) is 0 Å². The van der Waals surface area contributed by atoms with Gasteiger partial charge in [-0.15, -0.1) is 0 Å². The number of hydrogen-bond donors (Lipinski definition) is 1. The zero-order chi connectivity index (χ0) is 16.2. The number of nitrogens with one attached hydrogen (secondary N) is 1. The molecule has 0 unspecified atom stereocenters. The number of likely N-dealkylation sites (tertiary alicyclic amines) is 1. The predicted molar refractivity (Wildman–Crippen MR) is 90.5 cm³/mol. The van der Waals surface area contributed by atoms with Gasteiger partial charge in [-0.3, -0.25) is 9.69 Å². The third kappa shape index (κ3) is 4.31. The van der Waals surface area contributed by atoms with Gasteiger partial charge in [-0.25, -0.2) is 0 Å². The summed E-state index contributed by atoms with van der Waals surface area (Å²) in [4.78, 5) is 16.4. The molecule has 1 N–H and O–H groups in total. The molecule has 2 aliphatic heterocycles. The molecule has 0 saturated carbocycles. The van der Waals surface area contributed by atoms with Gasteiger partial charge < -0.3 is 15.0 Å². The molecule has 1 aromatic carbocycles. The Balaban J connectivity index is 1.44. The van der Waals surface area contributed by atoms with Crippen LogP contribution in [0, 0.1) is 0 Å². The lowest BCUT2D eigenvalue weighted by Crippen LogP contribution is -2.45. The van der Waals surface area contributed by atoms with Crippen molar-refractivity contribution in [1.82, 2.24) is 15.1 Å². The van der Waals surface area contributed by atoms with Crippen LogP contribution in [0.25, 0.3) is 0 Å². The van der Waals surface area contributed by atoms with Gasteiger partial charge in [0.2, 0.25) is 0 Å². The van der Waals surface area contributed by atoms with E-state index in [-0.39, 0.29) is 5.91 Å². The van der Waals surface area contributed by atoms with Crippen LogP contribution in [-0.4, -0.2) is 68.2 Å². The molecule has 1 amide bonds. The third-order valence-electron chi connectivity index (χ3n) is 4.81. The lowest BCUT2D eigenvalue weighted by atomic mass is 10.1. The highest BCUT2D eigenvalue weighted by Crippen LogP contribution is 2.25. The number of benzene rings is 1. The molecule has 2 aliphatic rings. The van der Waals surface area contributed by atoms with Gasteiger partial charge in [0, 0.05) is 45.3 Å². The van der Waals surface area contributed by atoms with Crippen LogP contribution in [0.5, 0.6) is 0 Å². The lowest BCUT2D eigenvalue weighted by molar-refractivity contribution is -0.0398. The first-order valence-electron chi connectivity index (χ1n) is 8.51. The van der Waals surface area contributed by atoms with Crippen LogP contribution in [-0.2, 0) is 11.3 Å². The molecule has 1 aromatic rings. The summed E-state index contributed by atoms with van der Waals surface area (Å²) < 4.78 is 5.88. The SMILES string of the molecule is CNC(=O)c1ccc(CN(C)CCN2C[C@H]3CC[C@@H](C2)O3)cc1. The van der Waals surface area contributed by atoms with Crippen LogP contribution < -0.4 is 5.32 Å². The highest BCUT2D eigenvalue weighted by molar-refractivity contribution is 5.93. The number of fused-ring (bicyclic) bond motifs is 2. The zero-order valence-corrected chi connectivity index (χ0v) is 14.1. The number of ether oxygens (including phenoxy) is 1. The van der Waals surface area contributed by atoms with E-state index in [1.165, 1.54) is 18.4 Å². The van der Waals surface area contributed by atoms with Crippen molar-refractivity contribution in [3.63, 3.8) is 0 Å². The van der Waals surface area contributed by atoms with E-state index in [9.17, 15) is 4.79 Å². The largest absolute Gasteiger partial charge is 0.372 e. The summed E-state index contributed by atoms with van der Waals surface area (Å²) in [5.41, 5.74) is 1.95. The molecule has 2 fully saturated rings. The number of rotatable bonds is 6. The Hall–Kier alpha value is -1.43. The standard InChI is InChI=1S/C18H27N3O2/c1-19-18(22)15-5-3-14(4-6-15)11-20(2)9-10-21-12-16-7-8-17(13-21)23-16/h3-6,16-17H,7-13H2,1-2H3,(H,19,22)/t16-,17+. The molecule has 3 rings (SSSR count). The van der Waals surface area contributed by atoms with Crippen molar-refractivity contribution >= 4 is 5.91 Å². The van der Waals surface area contributed by atoms with Crippen molar-refractivity contribution in [2.75, 3.05) is 40.3 Å². The summed E-state index contributed by atoms with van der Waals surface area (Å²) in [7, 11) is 3.81. The zero-order valence-electron chi connectivity index (χ0n) is 14.1. The first-order valence-corrected chi connectivity index (χ1v) is 8.51. The molecule has 2 heterocycles. The van der Waals surface area contributed by atoms with E-state index >= 15 is 0 Å². The number of hydrogen-bond acceptors (Lipinski definition) is 4. The molecular formula is C18H27N3O2. The smallest absolute Gasteiger partial charge is 0.251 e. The first kappa shape index (κ1) is 16.4. The van der Waals surface area contributed by atoms with E-state index in [1.54, 1.807) is 7.05 Å². The highest BCUT2D eigenvalue weighted by Gasteiger charge is 2.33. The first-order chi connectivity index (χ1) is 11.1. The maximum atomic E-state index is 11.5. The fourth-order valence-corrected chi connectivity index (χ4v) is 3.49. The second-order valence-corrected chi connectivity index (χ2v) is 6.73. The van der Waals surface area contributed by atoms with E-state index < -0.39 is 0 Å². The summed E-state index contributed by atoms with van der Waals surface area (Å²) in [5, 5.41) is 2.65. The van der Waals surface area contributed by atoms with Crippen molar-refractivity contribution in [2.24, 2.45) is 0 Å². The Morgan fingerprint density at radius 1 is 1.26 bits per heavy atom. The average Bonchev–Trinajstić information content (AvgIpc) is 2.91. The Labute approximate surface area is 138 Å². The monoisotopic (exact) mass is 317 g/mol. The van der Waals surface area contributed by atoms with Crippen LogP contribution >= 0.6 is 0 Å². The number of carbonyl (C=O) groups is 1. The van der Waals surface area contributed by atoms with E-state index in [0.717, 1.165) is 32.7 Å². The van der Waals surface area contributed by atoms with Crippen molar-refractivity contribution < 1.29 is 9.53 Å². The Kier molecular flexibility index (Phi) is 5.30. The Morgan fingerprint density at radius 3 is 2.52 bits per heavy atom. The number of likely N-dealkylation sites (N-methyl/N-ethyl adjacent to an activating group) is 1. The minimum atomic E-state index is -0.0353. The molecule has 2 saturated heterocycles. The number of amides is 1. The Bertz CT molecular complexity index is 520. The van der Waals surface area contributed by atoms with Crippen LogP contribution in [0.1, 0.15) is 28.8 Å². The number of morpholine rings is 1. The van der Waals surface area contributed by atoms with E-state index in [2.05, 4.69) is 22.2 Å². The normalized spacial score (nSPS) is 24.1. The van der Waals surface area contributed by atoms with E-state index in [0.29, 0.717) is 17.8 Å². The van der Waals surface area contributed by atoms with Gasteiger partial charge in [0.1, 0.15) is 0 Å². The number of nitrogens with zero attached hydrogens (tertiary/aromatic N) is 2. The molecule has 23 heavy (non-hydrogen) atoms. The molecule has 0 radical (unpaired) electrons. The summed E-state index contributed by atoms with van der Waals surface area (Å²) in [6.45, 7) is 5.24. The van der Waals surface area contributed by atoms with Gasteiger partial charge in [-0.2, -0.15) is 0 Å². The van der Waals surface area contributed by atoms with Gasteiger partial charge in [-0.1, -0.05) is 12.1 Å². The van der Waals surface area contributed by atoms with Crippen LogP contribution in [0.2, 0.25) is 0 Å². The van der Waals surface area contributed by atoms with Crippen LogP contribution in [0.4, 0.5) is 0 Å². The fraction of sp³-hybridized carbons (Fsp3) is 0.611. The minimum absolute atomic E-state index is 0.0353. The van der Waals surface area contributed by atoms with Crippen molar-refractivity contribution in [1.29, 1.82) is 0 Å². The summed E-state index contributed by atoms with van der Waals surface area (Å²) in [5.74, 6) is -0.0353. The van der Waals surface area contributed by atoms with Crippen molar-refractivity contribution in [3.8, 4) is 0 Å². The van der Waals surface area contributed by atoms with Crippen molar-refractivity contribution in [3.05, 3.63) is 35.4 Å². The Morgan fingerprint density at radius 2 is 1.91 bits per heavy atom. The van der Waals surface area contributed by atoms with Gasteiger partial charge in [-0.05, 0) is 37.6 Å². The van der Waals surface area contributed by atoms with Gasteiger partial charge in [0.05, 0.1) is 12.2 Å². The molecule has 126 valence electrons. The fourth-order valence-electron chi connectivity index (χ4n) is 3.49. The molecule has 5 nitrogen and oxygen atoms in total. The molecule has 0 spiro atoms.